The van der Waals surface area contributed by atoms with Crippen LogP contribution in [0.1, 0.15) is 5.69 Å². The second-order valence-corrected chi connectivity index (χ2v) is 3.54. The maximum Gasteiger partial charge on any atom is 0.123 e. The summed E-state index contributed by atoms with van der Waals surface area (Å²) in [5.74, 6) is -0.302. The Morgan fingerprint density at radius 3 is 2.59 bits per heavy atom. The third kappa shape index (κ3) is 2.32. The number of aliphatic hydroxyl groups is 1. The molecule has 3 N–H and O–H groups in total. The van der Waals surface area contributed by atoms with Crippen LogP contribution in [0.4, 0.5) is 4.39 Å². The van der Waals surface area contributed by atoms with E-state index in [9.17, 15) is 4.39 Å². The molecule has 6 heteroatoms. The molecule has 0 unspecified atom stereocenters. The lowest BCUT2D eigenvalue weighted by Gasteiger charge is -2.06. The fraction of sp³-hybridized carbons (Fsp3) is 0.273. The Balaban J connectivity index is 2.47. The summed E-state index contributed by atoms with van der Waals surface area (Å²) < 4.78 is 14.4. The van der Waals surface area contributed by atoms with E-state index in [-0.39, 0.29) is 19.0 Å². The van der Waals surface area contributed by atoms with Crippen molar-refractivity contribution >= 4 is 0 Å². The van der Waals surface area contributed by atoms with Crippen molar-refractivity contribution in [2.75, 3.05) is 6.61 Å². The molecule has 0 aliphatic rings. The van der Waals surface area contributed by atoms with E-state index < -0.39 is 0 Å². The van der Waals surface area contributed by atoms with E-state index in [1.165, 1.54) is 12.1 Å². The number of nitrogens with zero attached hydrogens (tertiary/aromatic N) is 3. The average molecular weight is 236 g/mol. The molecule has 0 bridgehead atoms. The van der Waals surface area contributed by atoms with Gasteiger partial charge >= 0.3 is 0 Å². The molecule has 0 fully saturated rings. The molecule has 0 amide bonds. The zero-order valence-corrected chi connectivity index (χ0v) is 9.17. The van der Waals surface area contributed by atoms with Gasteiger partial charge in [-0.1, -0.05) is 5.21 Å². The summed E-state index contributed by atoms with van der Waals surface area (Å²) >= 11 is 0. The zero-order valence-electron chi connectivity index (χ0n) is 9.17. The standard InChI is InChI=1S/C11H13FN4O/c12-9-3-1-8(2-4-9)11-10(7-13)14-15-16(11)5-6-17/h1-4,17H,5-7,13H2. The molecule has 1 heterocycles. The van der Waals surface area contributed by atoms with E-state index in [2.05, 4.69) is 10.3 Å². The van der Waals surface area contributed by atoms with Gasteiger partial charge < -0.3 is 10.8 Å². The van der Waals surface area contributed by atoms with Gasteiger partial charge in [0.1, 0.15) is 11.5 Å². The number of nitrogens with two attached hydrogens (primary N) is 1. The first-order valence-electron chi connectivity index (χ1n) is 5.25. The molecule has 1 aromatic heterocycles. The van der Waals surface area contributed by atoms with Gasteiger partial charge in [0.25, 0.3) is 0 Å². The Kier molecular flexibility index (Phi) is 3.46. The fourth-order valence-electron chi connectivity index (χ4n) is 1.66. The highest BCUT2D eigenvalue weighted by Gasteiger charge is 2.13. The van der Waals surface area contributed by atoms with Gasteiger partial charge in [-0.15, -0.1) is 5.10 Å². The molecular formula is C11H13FN4O. The van der Waals surface area contributed by atoms with Gasteiger partial charge in [-0.2, -0.15) is 0 Å². The molecule has 0 saturated carbocycles. The maximum atomic E-state index is 12.9. The Morgan fingerprint density at radius 1 is 1.29 bits per heavy atom. The quantitative estimate of drug-likeness (QED) is 0.812. The minimum absolute atomic E-state index is 0.0401. The van der Waals surface area contributed by atoms with Crippen molar-refractivity contribution in [1.29, 1.82) is 0 Å². The predicted octanol–water partition coefficient (Wildman–Crippen LogP) is 0.535. The fourth-order valence-corrected chi connectivity index (χ4v) is 1.66. The lowest BCUT2D eigenvalue weighted by molar-refractivity contribution is 0.269. The molecule has 0 spiro atoms. The first-order chi connectivity index (χ1) is 8.26. The Morgan fingerprint density at radius 2 is 2.00 bits per heavy atom. The number of hydrogen-bond acceptors (Lipinski definition) is 4. The van der Waals surface area contributed by atoms with Crippen LogP contribution in [-0.4, -0.2) is 26.7 Å². The summed E-state index contributed by atoms with van der Waals surface area (Å²) in [5, 5.41) is 16.8. The predicted molar refractivity (Wildman–Crippen MR) is 60.4 cm³/mol. The van der Waals surface area contributed by atoms with E-state index in [0.717, 1.165) is 11.3 Å². The van der Waals surface area contributed by atoms with Crippen LogP contribution < -0.4 is 5.73 Å². The van der Waals surface area contributed by atoms with E-state index in [1.54, 1.807) is 16.8 Å². The van der Waals surface area contributed by atoms with Crippen molar-refractivity contribution in [2.45, 2.75) is 13.1 Å². The van der Waals surface area contributed by atoms with Crippen molar-refractivity contribution in [3.05, 3.63) is 35.8 Å². The monoisotopic (exact) mass is 236 g/mol. The number of benzene rings is 1. The molecule has 17 heavy (non-hydrogen) atoms. The first-order valence-corrected chi connectivity index (χ1v) is 5.25. The molecule has 90 valence electrons. The third-order valence-corrected chi connectivity index (χ3v) is 2.43. The third-order valence-electron chi connectivity index (χ3n) is 2.43. The van der Waals surface area contributed by atoms with Crippen molar-refractivity contribution in [3.8, 4) is 11.3 Å². The lowest BCUT2D eigenvalue weighted by atomic mass is 10.1. The Bertz CT molecular complexity index is 495. The van der Waals surface area contributed by atoms with Crippen LogP contribution in [0.25, 0.3) is 11.3 Å². The summed E-state index contributed by atoms with van der Waals surface area (Å²) in [4.78, 5) is 0. The Labute approximate surface area is 97.7 Å². The first kappa shape index (κ1) is 11.7. The van der Waals surface area contributed by atoms with Crippen molar-refractivity contribution in [1.82, 2.24) is 15.0 Å². The van der Waals surface area contributed by atoms with Crippen LogP contribution >= 0.6 is 0 Å². The normalized spacial score (nSPS) is 10.8. The second-order valence-electron chi connectivity index (χ2n) is 3.54. The molecule has 0 atom stereocenters. The molecule has 0 saturated heterocycles. The van der Waals surface area contributed by atoms with Gasteiger partial charge in [0.2, 0.25) is 0 Å². The van der Waals surface area contributed by atoms with E-state index in [1.807, 2.05) is 0 Å². The van der Waals surface area contributed by atoms with Gasteiger partial charge in [0.15, 0.2) is 0 Å². The zero-order chi connectivity index (χ0) is 12.3. The highest BCUT2D eigenvalue weighted by Crippen LogP contribution is 2.22. The Hall–Kier alpha value is -1.79. The number of aliphatic hydroxyl groups excluding tert-OH is 1. The molecule has 2 rings (SSSR count). The lowest BCUT2D eigenvalue weighted by Crippen LogP contribution is -2.07. The summed E-state index contributed by atoms with van der Waals surface area (Å²) in [5.41, 5.74) is 7.71. The van der Waals surface area contributed by atoms with Crippen LogP contribution in [0.5, 0.6) is 0 Å². The van der Waals surface area contributed by atoms with Crippen LogP contribution in [0.2, 0.25) is 0 Å². The number of halogens is 1. The van der Waals surface area contributed by atoms with E-state index >= 15 is 0 Å². The van der Waals surface area contributed by atoms with Gasteiger partial charge in [-0.05, 0) is 24.3 Å². The van der Waals surface area contributed by atoms with E-state index in [0.29, 0.717) is 12.2 Å². The molecule has 0 aliphatic heterocycles. The summed E-state index contributed by atoms with van der Waals surface area (Å²) in [6.45, 7) is 0.541. The van der Waals surface area contributed by atoms with Crippen molar-refractivity contribution in [3.63, 3.8) is 0 Å². The van der Waals surface area contributed by atoms with Crippen LogP contribution in [0.15, 0.2) is 24.3 Å². The highest BCUT2D eigenvalue weighted by atomic mass is 19.1. The maximum absolute atomic E-state index is 12.9. The highest BCUT2D eigenvalue weighted by molar-refractivity contribution is 5.61. The van der Waals surface area contributed by atoms with Crippen LogP contribution in [-0.2, 0) is 13.1 Å². The minimum atomic E-state index is -0.302. The summed E-state index contributed by atoms with van der Waals surface area (Å²) in [6, 6.07) is 6.01. The minimum Gasteiger partial charge on any atom is -0.394 e. The summed E-state index contributed by atoms with van der Waals surface area (Å²) in [6.07, 6.45) is 0. The van der Waals surface area contributed by atoms with Crippen LogP contribution in [0.3, 0.4) is 0 Å². The van der Waals surface area contributed by atoms with Gasteiger partial charge in [-0.25, -0.2) is 9.07 Å². The molecule has 1 aromatic carbocycles. The van der Waals surface area contributed by atoms with E-state index in [4.69, 9.17) is 10.8 Å². The van der Waals surface area contributed by atoms with Gasteiger partial charge in [0.05, 0.1) is 18.8 Å². The molecule has 2 aromatic rings. The number of aromatic nitrogens is 3. The van der Waals surface area contributed by atoms with Gasteiger partial charge in [-0.3, -0.25) is 0 Å². The number of hydrogen-bond donors (Lipinski definition) is 2. The van der Waals surface area contributed by atoms with Crippen LogP contribution in [0, 0.1) is 5.82 Å². The summed E-state index contributed by atoms with van der Waals surface area (Å²) in [7, 11) is 0. The smallest absolute Gasteiger partial charge is 0.123 e. The molecule has 0 aliphatic carbocycles. The molecule has 0 radical (unpaired) electrons. The SMILES string of the molecule is NCc1nnn(CCO)c1-c1ccc(F)cc1. The second kappa shape index (κ2) is 5.03. The van der Waals surface area contributed by atoms with Crippen molar-refractivity contribution in [2.24, 2.45) is 5.73 Å². The average Bonchev–Trinajstić information content (AvgIpc) is 2.74. The van der Waals surface area contributed by atoms with Crippen molar-refractivity contribution < 1.29 is 9.50 Å². The topological polar surface area (TPSA) is 77.0 Å². The molecular weight excluding hydrogens is 223 g/mol. The number of rotatable bonds is 4. The largest absolute Gasteiger partial charge is 0.394 e. The molecule has 5 nitrogen and oxygen atoms in total. The van der Waals surface area contributed by atoms with Gasteiger partial charge in [0, 0.05) is 12.1 Å².